The Morgan fingerprint density at radius 2 is 2.31 bits per heavy atom. The summed E-state index contributed by atoms with van der Waals surface area (Å²) < 4.78 is 0. The van der Waals surface area contributed by atoms with Crippen molar-refractivity contribution in [3.05, 3.63) is 23.9 Å². The topological polar surface area (TPSA) is 45.1 Å². The van der Waals surface area contributed by atoms with Crippen molar-refractivity contribution < 1.29 is 5.11 Å². The zero-order chi connectivity index (χ0) is 11.8. The fraction of sp³-hybridized carbons (Fsp3) is 0.583. The Hall–Kier alpha value is -0.580. The number of thioether (sulfide) groups is 1. The van der Waals surface area contributed by atoms with E-state index in [1.54, 1.807) is 11.8 Å². The molecule has 1 atom stereocenters. The zero-order valence-corrected chi connectivity index (χ0v) is 10.8. The third-order valence-corrected chi connectivity index (χ3v) is 3.48. The van der Waals surface area contributed by atoms with E-state index < -0.39 is 0 Å². The van der Waals surface area contributed by atoms with Gasteiger partial charge in [-0.05, 0) is 24.1 Å². The van der Waals surface area contributed by atoms with Crippen LogP contribution in [-0.4, -0.2) is 29.0 Å². The summed E-state index contributed by atoms with van der Waals surface area (Å²) in [6.45, 7) is 6.22. The largest absolute Gasteiger partial charge is 0.396 e. The van der Waals surface area contributed by atoms with Crippen molar-refractivity contribution in [2.75, 3.05) is 18.9 Å². The number of rotatable bonds is 7. The van der Waals surface area contributed by atoms with Crippen LogP contribution in [0.3, 0.4) is 0 Å². The van der Waals surface area contributed by atoms with Gasteiger partial charge in [-0.15, -0.1) is 11.8 Å². The van der Waals surface area contributed by atoms with Gasteiger partial charge in [-0.2, -0.15) is 0 Å². The molecule has 1 aromatic rings. The smallest absolute Gasteiger partial charge is 0.0960 e. The maximum Gasteiger partial charge on any atom is 0.0960 e. The van der Waals surface area contributed by atoms with Crippen molar-refractivity contribution in [2.45, 2.75) is 25.4 Å². The van der Waals surface area contributed by atoms with Gasteiger partial charge in [0.1, 0.15) is 0 Å². The fourth-order valence-corrected chi connectivity index (χ4v) is 2.00. The lowest BCUT2D eigenvalue weighted by Crippen LogP contribution is -2.11. The molecule has 2 N–H and O–H groups in total. The molecule has 1 heterocycles. The van der Waals surface area contributed by atoms with Crippen molar-refractivity contribution in [3.63, 3.8) is 0 Å². The second kappa shape index (κ2) is 7.65. The summed E-state index contributed by atoms with van der Waals surface area (Å²) in [6.07, 6.45) is 1.91. The summed E-state index contributed by atoms with van der Waals surface area (Å²) in [5.74, 6) is 1.24. The van der Waals surface area contributed by atoms with Gasteiger partial charge in [0.15, 0.2) is 0 Å². The number of pyridine rings is 1. The van der Waals surface area contributed by atoms with E-state index in [4.69, 9.17) is 5.11 Å². The Morgan fingerprint density at radius 3 is 2.88 bits per heavy atom. The number of nitrogens with zero attached hydrogens (tertiary/aromatic N) is 1. The minimum absolute atomic E-state index is 0.242. The first kappa shape index (κ1) is 13.5. The van der Waals surface area contributed by atoms with Gasteiger partial charge < -0.3 is 10.4 Å². The van der Waals surface area contributed by atoms with E-state index in [1.807, 2.05) is 19.2 Å². The highest BCUT2D eigenvalue weighted by molar-refractivity contribution is 7.99. The van der Waals surface area contributed by atoms with Crippen LogP contribution in [0.25, 0.3) is 0 Å². The minimum atomic E-state index is 0.242. The molecule has 0 aromatic carbocycles. The van der Waals surface area contributed by atoms with E-state index in [9.17, 15) is 0 Å². The molecule has 0 fully saturated rings. The van der Waals surface area contributed by atoms with Crippen LogP contribution >= 0.6 is 11.8 Å². The molecule has 3 nitrogen and oxygen atoms in total. The van der Waals surface area contributed by atoms with Crippen LogP contribution in [0.1, 0.15) is 19.4 Å². The van der Waals surface area contributed by atoms with E-state index in [0.717, 1.165) is 23.9 Å². The summed E-state index contributed by atoms with van der Waals surface area (Å²) in [5, 5.41) is 13.2. The van der Waals surface area contributed by atoms with Crippen LogP contribution in [0.2, 0.25) is 0 Å². The van der Waals surface area contributed by atoms with E-state index in [2.05, 4.69) is 23.3 Å². The van der Waals surface area contributed by atoms with Crippen molar-refractivity contribution >= 4 is 11.8 Å². The monoisotopic (exact) mass is 240 g/mol. The highest BCUT2D eigenvalue weighted by Crippen LogP contribution is 2.18. The Kier molecular flexibility index (Phi) is 6.45. The van der Waals surface area contributed by atoms with Crippen molar-refractivity contribution in [1.29, 1.82) is 0 Å². The van der Waals surface area contributed by atoms with Crippen LogP contribution in [0.15, 0.2) is 23.4 Å². The summed E-state index contributed by atoms with van der Waals surface area (Å²) in [4.78, 5) is 4.38. The van der Waals surface area contributed by atoms with Crippen LogP contribution in [0, 0.1) is 5.92 Å². The molecule has 0 aliphatic heterocycles. The second-order valence-corrected chi connectivity index (χ2v) is 4.92. The lowest BCUT2D eigenvalue weighted by atomic mass is 10.2. The minimum Gasteiger partial charge on any atom is -0.396 e. The van der Waals surface area contributed by atoms with E-state index >= 15 is 0 Å². The van der Waals surface area contributed by atoms with Crippen molar-refractivity contribution in [3.8, 4) is 0 Å². The van der Waals surface area contributed by atoms with Gasteiger partial charge in [-0.25, -0.2) is 4.98 Å². The molecule has 0 spiro atoms. The average Bonchev–Trinajstić information content (AvgIpc) is 2.34. The Morgan fingerprint density at radius 1 is 1.50 bits per heavy atom. The predicted octanol–water partition coefficient (Wildman–Crippen LogP) is 1.91. The first-order chi connectivity index (χ1) is 7.76. The zero-order valence-electron chi connectivity index (χ0n) is 9.94. The van der Waals surface area contributed by atoms with E-state index in [1.165, 1.54) is 5.56 Å². The first-order valence-corrected chi connectivity index (χ1v) is 6.64. The molecule has 0 bridgehead atoms. The number of aliphatic hydroxyl groups is 1. The number of aliphatic hydroxyl groups excluding tert-OH is 1. The van der Waals surface area contributed by atoms with Crippen LogP contribution < -0.4 is 5.32 Å². The molecule has 0 amide bonds. The van der Waals surface area contributed by atoms with Gasteiger partial charge in [-0.3, -0.25) is 0 Å². The molecular weight excluding hydrogens is 220 g/mol. The maximum atomic E-state index is 8.91. The fourth-order valence-electron chi connectivity index (χ4n) is 1.15. The molecule has 1 unspecified atom stereocenters. The predicted molar refractivity (Wildman–Crippen MR) is 68.6 cm³/mol. The Bertz CT molecular complexity index is 290. The summed E-state index contributed by atoms with van der Waals surface area (Å²) in [6, 6.07) is 4.14. The number of hydrogen-bond acceptors (Lipinski definition) is 4. The molecular formula is C12H20N2OS. The van der Waals surface area contributed by atoms with Gasteiger partial charge in [-0.1, -0.05) is 19.9 Å². The third-order valence-electron chi connectivity index (χ3n) is 2.20. The van der Waals surface area contributed by atoms with E-state index in [-0.39, 0.29) is 6.61 Å². The lowest BCUT2D eigenvalue weighted by molar-refractivity contribution is 0.250. The quantitative estimate of drug-likeness (QED) is 0.715. The molecule has 0 aliphatic rings. The van der Waals surface area contributed by atoms with Gasteiger partial charge in [0.2, 0.25) is 0 Å². The molecule has 1 aromatic heterocycles. The van der Waals surface area contributed by atoms with Crippen molar-refractivity contribution in [1.82, 2.24) is 10.3 Å². The maximum absolute atomic E-state index is 8.91. The summed E-state index contributed by atoms with van der Waals surface area (Å²) in [7, 11) is 0. The molecule has 0 saturated carbocycles. The van der Waals surface area contributed by atoms with Gasteiger partial charge in [0.05, 0.1) is 5.03 Å². The highest BCUT2D eigenvalue weighted by Gasteiger charge is 2.02. The Labute approximate surface area is 102 Å². The van der Waals surface area contributed by atoms with Gasteiger partial charge in [0.25, 0.3) is 0 Å². The molecule has 0 aliphatic carbocycles. The van der Waals surface area contributed by atoms with Crippen LogP contribution in [-0.2, 0) is 6.54 Å². The molecule has 1 rings (SSSR count). The molecule has 90 valence electrons. The molecule has 0 radical (unpaired) electrons. The molecule has 4 heteroatoms. The lowest BCUT2D eigenvalue weighted by Gasteiger charge is -2.07. The average molecular weight is 240 g/mol. The number of aromatic nitrogens is 1. The number of nitrogens with one attached hydrogen (secondary N) is 1. The van der Waals surface area contributed by atoms with Crippen LogP contribution in [0.4, 0.5) is 0 Å². The Balaban J connectivity index is 2.38. The van der Waals surface area contributed by atoms with Gasteiger partial charge >= 0.3 is 0 Å². The summed E-state index contributed by atoms with van der Waals surface area (Å²) >= 11 is 1.69. The van der Waals surface area contributed by atoms with Crippen molar-refractivity contribution in [2.24, 2.45) is 5.92 Å². The SMILES string of the molecule is CCNCc1ccc(SCC(C)CO)nc1. The normalized spacial score (nSPS) is 12.7. The van der Waals surface area contributed by atoms with Gasteiger partial charge in [0, 0.05) is 25.1 Å². The summed E-state index contributed by atoms with van der Waals surface area (Å²) in [5.41, 5.74) is 1.21. The molecule has 16 heavy (non-hydrogen) atoms. The first-order valence-electron chi connectivity index (χ1n) is 5.65. The second-order valence-electron chi connectivity index (χ2n) is 3.88. The van der Waals surface area contributed by atoms with Crippen LogP contribution in [0.5, 0.6) is 0 Å². The standard InChI is InChI=1S/C12H20N2OS/c1-3-13-6-11-4-5-12(14-7-11)16-9-10(2)8-15/h4-5,7,10,13,15H,3,6,8-9H2,1-2H3. The third kappa shape index (κ3) is 4.96. The number of hydrogen-bond donors (Lipinski definition) is 2. The molecule has 0 saturated heterocycles. The highest BCUT2D eigenvalue weighted by atomic mass is 32.2. The van der Waals surface area contributed by atoms with E-state index in [0.29, 0.717) is 5.92 Å².